The summed E-state index contributed by atoms with van der Waals surface area (Å²) in [6.45, 7) is 0.643. The van der Waals surface area contributed by atoms with E-state index in [2.05, 4.69) is 30.1 Å². The molecule has 2 aliphatic heterocycles. The van der Waals surface area contributed by atoms with Crippen LogP contribution in [-0.2, 0) is 28.5 Å². The van der Waals surface area contributed by atoms with E-state index in [9.17, 15) is 9.59 Å². The molecule has 0 atom stereocenters. The first-order chi connectivity index (χ1) is 8.10. The van der Waals surface area contributed by atoms with Crippen LogP contribution in [0.5, 0.6) is 0 Å². The van der Waals surface area contributed by atoms with Gasteiger partial charge in [-0.2, -0.15) is 0 Å². The smallest absolute Gasteiger partial charge is 0.374 e. The maximum atomic E-state index is 10.6. The Kier molecular flexibility index (Phi) is 5.02. The Labute approximate surface area is 106 Å². The van der Waals surface area contributed by atoms with Gasteiger partial charge in [0.1, 0.15) is 13.2 Å². The molecular weight excluding hydrogens is 296 g/mol. The first-order valence-electron chi connectivity index (χ1n) is 4.61. The van der Waals surface area contributed by atoms with Crippen LogP contribution < -0.4 is 0 Å². The molecule has 0 saturated carbocycles. The highest BCUT2D eigenvalue weighted by atomic mass is 79.9. The van der Waals surface area contributed by atoms with Crippen molar-refractivity contribution in [2.45, 2.75) is 0 Å². The Morgan fingerprint density at radius 1 is 1.18 bits per heavy atom. The lowest BCUT2D eigenvalue weighted by atomic mass is 10.5. The van der Waals surface area contributed by atoms with Gasteiger partial charge in [0.25, 0.3) is 0 Å². The third-order valence-electron chi connectivity index (χ3n) is 1.87. The number of ether oxygens (including phenoxy) is 4. The van der Waals surface area contributed by atoms with Crippen LogP contribution in [0.1, 0.15) is 0 Å². The lowest BCUT2D eigenvalue weighted by molar-refractivity contribution is -0.139. The zero-order valence-electron chi connectivity index (χ0n) is 9.32. The first-order valence-corrected chi connectivity index (χ1v) is 5.40. The number of carbonyl (C=O) groups excluding carboxylic acids is 2. The van der Waals surface area contributed by atoms with Crippen molar-refractivity contribution in [1.29, 1.82) is 0 Å². The van der Waals surface area contributed by atoms with Gasteiger partial charge in [-0.15, -0.1) is 0 Å². The monoisotopic (exact) mass is 306 g/mol. The standard InChI is InChI=1S/C5H5BrO3.C5H6O3/c1-8-4-3(6)2-9-5(4)7;1-7-4-2-3-8-5(4)6/h2H2,1H3;2H,3H2,1H3. The van der Waals surface area contributed by atoms with Gasteiger partial charge in [-0.3, -0.25) is 0 Å². The lowest BCUT2D eigenvalue weighted by Crippen LogP contribution is -1.99. The topological polar surface area (TPSA) is 71.1 Å². The van der Waals surface area contributed by atoms with Crippen molar-refractivity contribution in [2.75, 3.05) is 27.4 Å². The fourth-order valence-electron chi connectivity index (χ4n) is 1.08. The molecule has 94 valence electrons. The van der Waals surface area contributed by atoms with Crippen LogP contribution in [0.3, 0.4) is 0 Å². The number of esters is 2. The molecule has 2 aliphatic rings. The minimum absolute atomic E-state index is 0.273. The van der Waals surface area contributed by atoms with Gasteiger partial charge < -0.3 is 18.9 Å². The van der Waals surface area contributed by atoms with Crippen molar-refractivity contribution < 1.29 is 28.5 Å². The summed E-state index contributed by atoms with van der Waals surface area (Å²) in [6.07, 6.45) is 1.60. The third-order valence-corrected chi connectivity index (χ3v) is 2.46. The Bertz CT molecular complexity index is 384. The highest BCUT2D eigenvalue weighted by Crippen LogP contribution is 2.20. The molecule has 0 aromatic heterocycles. The van der Waals surface area contributed by atoms with Crippen molar-refractivity contribution in [3.63, 3.8) is 0 Å². The summed E-state index contributed by atoms with van der Waals surface area (Å²) in [5, 5.41) is 0. The van der Waals surface area contributed by atoms with E-state index in [1.165, 1.54) is 14.2 Å². The Morgan fingerprint density at radius 3 is 2.12 bits per heavy atom. The van der Waals surface area contributed by atoms with Crippen LogP contribution in [0.25, 0.3) is 0 Å². The second kappa shape index (κ2) is 6.29. The largest absolute Gasteiger partial charge is 0.490 e. The molecule has 17 heavy (non-hydrogen) atoms. The Balaban J connectivity index is 0.000000171. The van der Waals surface area contributed by atoms with Gasteiger partial charge in [-0.05, 0) is 15.9 Å². The normalized spacial score (nSPS) is 17.9. The van der Waals surface area contributed by atoms with Gasteiger partial charge in [-0.25, -0.2) is 9.59 Å². The predicted octanol–water partition coefficient (Wildman–Crippen LogP) is 0.870. The van der Waals surface area contributed by atoms with Gasteiger partial charge in [0.15, 0.2) is 0 Å². The number of rotatable bonds is 2. The SMILES string of the molecule is COC1=C(Br)COC1=O.COC1=CCOC1=O. The van der Waals surface area contributed by atoms with Crippen LogP contribution in [-0.4, -0.2) is 39.4 Å². The molecule has 7 heteroatoms. The summed E-state index contributed by atoms with van der Waals surface area (Å²) >= 11 is 3.11. The summed E-state index contributed by atoms with van der Waals surface area (Å²) in [6, 6.07) is 0. The minimum Gasteiger partial charge on any atom is -0.490 e. The fourth-order valence-corrected chi connectivity index (χ4v) is 1.52. The molecule has 0 bridgehead atoms. The predicted molar refractivity (Wildman–Crippen MR) is 60.0 cm³/mol. The molecule has 6 nitrogen and oxygen atoms in total. The number of carbonyl (C=O) groups is 2. The molecule has 2 heterocycles. The highest BCUT2D eigenvalue weighted by Gasteiger charge is 2.23. The van der Waals surface area contributed by atoms with Crippen LogP contribution in [0.4, 0.5) is 0 Å². The van der Waals surface area contributed by atoms with E-state index in [1.54, 1.807) is 6.08 Å². The molecule has 0 aromatic carbocycles. The van der Waals surface area contributed by atoms with Gasteiger partial charge >= 0.3 is 11.9 Å². The molecule has 0 fully saturated rings. The van der Waals surface area contributed by atoms with Gasteiger partial charge in [0.2, 0.25) is 11.5 Å². The van der Waals surface area contributed by atoms with Crippen molar-refractivity contribution in [2.24, 2.45) is 0 Å². The fraction of sp³-hybridized carbons (Fsp3) is 0.400. The number of hydrogen-bond acceptors (Lipinski definition) is 6. The van der Waals surface area contributed by atoms with Crippen LogP contribution >= 0.6 is 15.9 Å². The lowest BCUT2D eigenvalue weighted by Gasteiger charge is -1.93. The van der Waals surface area contributed by atoms with Gasteiger partial charge in [0.05, 0.1) is 18.7 Å². The molecule has 0 amide bonds. The zero-order valence-corrected chi connectivity index (χ0v) is 10.9. The van der Waals surface area contributed by atoms with E-state index in [1.807, 2.05) is 0 Å². The molecular formula is C10H11BrO6. The van der Waals surface area contributed by atoms with E-state index < -0.39 is 5.97 Å². The number of methoxy groups -OCH3 is 2. The maximum Gasteiger partial charge on any atom is 0.374 e. The molecule has 0 N–H and O–H groups in total. The van der Waals surface area contributed by atoms with Crippen LogP contribution in [0, 0.1) is 0 Å². The molecule has 0 unspecified atom stereocenters. The summed E-state index contributed by atoms with van der Waals surface area (Å²) in [4.78, 5) is 21.0. The van der Waals surface area contributed by atoms with E-state index >= 15 is 0 Å². The summed E-state index contributed by atoms with van der Waals surface area (Å²) in [7, 11) is 2.88. The quantitative estimate of drug-likeness (QED) is 0.705. The average Bonchev–Trinajstić information content (AvgIpc) is 2.86. The summed E-state index contributed by atoms with van der Waals surface area (Å²) in [5.74, 6) is -0.183. The molecule has 0 aliphatic carbocycles. The van der Waals surface area contributed by atoms with E-state index in [4.69, 9.17) is 4.74 Å². The van der Waals surface area contributed by atoms with E-state index in [0.717, 1.165) is 0 Å². The maximum absolute atomic E-state index is 10.6. The second-order valence-corrected chi connectivity index (χ2v) is 3.84. The average molecular weight is 307 g/mol. The van der Waals surface area contributed by atoms with Crippen LogP contribution in [0.15, 0.2) is 22.1 Å². The Hall–Kier alpha value is -1.50. The number of cyclic esters (lactones) is 2. The van der Waals surface area contributed by atoms with Crippen LogP contribution in [0.2, 0.25) is 0 Å². The summed E-state index contributed by atoms with van der Waals surface area (Å²) in [5.41, 5.74) is 0. The highest BCUT2D eigenvalue weighted by molar-refractivity contribution is 9.11. The zero-order chi connectivity index (χ0) is 12.8. The molecule has 0 saturated heterocycles. The number of hydrogen-bond donors (Lipinski definition) is 0. The van der Waals surface area contributed by atoms with Crippen molar-refractivity contribution >= 4 is 27.9 Å². The second-order valence-electron chi connectivity index (χ2n) is 2.89. The van der Waals surface area contributed by atoms with Gasteiger partial charge in [-0.1, -0.05) is 0 Å². The first kappa shape index (κ1) is 13.6. The van der Waals surface area contributed by atoms with E-state index in [-0.39, 0.29) is 11.7 Å². The summed E-state index contributed by atoms with van der Waals surface area (Å²) < 4.78 is 19.1. The third kappa shape index (κ3) is 3.48. The number of halogens is 1. The van der Waals surface area contributed by atoms with Crippen molar-refractivity contribution in [3.8, 4) is 0 Å². The molecule has 0 spiro atoms. The Morgan fingerprint density at radius 2 is 1.88 bits per heavy atom. The molecule has 0 radical (unpaired) electrons. The minimum atomic E-state index is -0.399. The molecule has 0 aromatic rings. The van der Waals surface area contributed by atoms with Crippen molar-refractivity contribution in [3.05, 3.63) is 22.1 Å². The molecule has 2 rings (SSSR count). The van der Waals surface area contributed by atoms with Gasteiger partial charge in [0, 0.05) is 6.08 Å². The van der Waals surface area contributed by atoms with E-state index in [0.29, 0.717) is 23.5 Å². The van der Waals surface area contributed by atoms with Crippen molar-refractivity contribution in [1.82, 2.24) is 0 Å².